The molecule has 0 unspecified atom stereocenters. The minimum Gasteiger partial charge on any atom is -0.333 e. The van der Waals surface area contributed by atoms with E-state index >= 15 is 0 Å². The fourth-order valence-corrected chi connectivity index (χ4v) is 5.07. The van der Waals surface area contributed by atoms with Crippen LogP contribution in [0.4, 0.5) is 18.0 Å². The number of rotatable bonds is 5. The number of amides is 1. The number of nitrogens with one attached hydrogen (secondary N) is 1. The maximum atomic E-state index is 13.3. The normalized spacial score (nSPS) is 14.2. The summed E-state index contributed by atoms with van der Waals surface area (Å²) in [7, 11) is 0. The van der Waals surface area contributed by atoms with E-state index in [-0.39, 0.29) is 6.03 Å². The first-order valence-electron chi connectivity index (χ1n) is 12.0. The minimum atomic E-state index is -4.35. The van der Waals surface area contributed by atoms with Crippen LogP contribution in [0, 0.1) is 0 Å². The summed E-state index contributed by atoms with van der Waals surface area (Å²) in [4.78, 5) is 19.5. The van der Waals surface area contributed by atoms with Gasteiger partial charge in [-0.3, -0.25) is 9.47 Å². The summed E-state index contributed by atoms with van der Waals surface area (Å²) in [5.74, 6) is 0. The van der Waals surface area contributed by atoms with Crippen LogP contribution in [0.5, 0.6) is 0 Å². The van der Waals surface area contributed by atoms with Crippen molar-refractivity contribution in [2.45, 2.75) is 25.7 Å². The van der Waals surface area contributed by atoms with Crippen molar-refractivity contribution in [3.05, 3.63) is 105 Å². The van der Waals surface area contributed by atoms with Crippen molar-refractivity contribution < 1.29 is 18.0 Å². The van der Waals surface area contributed by atoms with Crippen LogP contribution in [0.3, 0.4) is 0 Å². The molecule has 0 fully saturated rings. The molecule has 10 heteroatoms. The highest BCUT2D eigenvalue weighted by molar-refractivity contribution is 6.31. The van der Waals surface area contributed by atoms with Crippen molar-refractivity contribution in [1.82, 2.24) is 19.8 Å². The van der Waals surface area contributed by atoms with E-state index in [9.17, 15) is 18.0 Å². The van der Waals surface area contributed by atoms with Crippen LogP contribution in [0.1, 0.15) is 27.9 Å². The first-order valence-corrected chi connectivity index (χ1v) is 12.7. The molecule has 0 aliphatic carbocycles. The number of pyridine rings is 1. The summed E-state index contributed by atoms with van der Waals surface area (Å²) in [5, 5.41) is 4.83. The Hall–Kier alpha value is -3.33. The number of alkyl halides is 3. The van der Waals surface area contributed by atoms with Crippen molar-refractivity contribution in [3.8, 4) is 0 Å². The molecule has 0 atom stereocenters. The zero-order chi connectivity index (χ0) is 26.9. The lowest BCUT2D eigenvalue weighted by molar-refractivity contribution is -0.137. The summed E-state index contributed by atoms with van der Waals surface area (Å²) in [6.07, 6.45) is 1.66. The van der Waals surface area contributed by atoms with Crippen molar-refractivity contribution in [2.75, 3.05) is 13.1 Å². The van der Waals surface area contributed by atoms with E-state index in [1.54, 1.807) is 29.0 Å². The highest BCUT2D eigenvalue weighted by Gasteiger charge is 2.30. The van der Waals surface area contributed by atoms with Gasteiger partial charge in [0.15, 0.2) is 0 Å². The van der Waals surface area contributed by atoms with E-state index in [2.05, 4.69) is 15.2 Å². The largest absolute Gasteiger partial charge is 0.416 e. The van der Waals surface area contributed by atoms with Crippen LogP contribution in [0.15, 0.2) is 66.9 Å². The van der Waals surface area contributed by atoms with E-state index in [4.69, 9.17) is 23.2 Å². The van der Waals surface area contributed by atoms with Gasteiger partial charge in [0.2, 0.25) is 0 Å². The molecule has 3 heterocycles. The number of aromatic nitrogens is 2. The smallest absolute Gasteiger partial charge is 0.333 e. The molecule has 2 aromatic heterocycles. The molecule has 38 heavy (non-hydrogen) atoms. The van der Waals surface area contributed by atoms with Crippen molar-refractivity contribution in [2.24, 2.45) is 0 Å². The molecular weight excluding hydrogens is 536 g/mol. The summed E-state index contributed by atoms with van der Waals surface area (Å²) >= 11 is 12.3. The maximum absolute atomic E-state index is 13.3. The number of hydrogen-bond acceptors (Lipinski definition) is 3. The SMILES string of the molecule is O=C(NCc1ccnc(Cl)c1)n1c2c(c3ccc(Cl)cc31)CN(CC=Cc1ccc(C(F)(F)F)cc1)CC2. The first-order chi connectivity index (χ1) is 18.2. The highest BCUT2D eigenvalue weighted by atomic mass is 35.5. The second kappa shape index (κ2) is 10.8. The number of halogens is 5. The quantitative estimate of drug-likeness (QED) is 0.264. The van der Waals surface area contributed by atoms with Crippen LogP contribution >= 0.6 is 23.2 Å². The van der Waals surface area contributed by atoms with Gasteiger partial charge in [-0.1, -0.05) is 53.6 Å². The first kappa shape index (κ1) is 26.3. The fourth-order valence-electron chi connectivity index (χ4n) is 4.70. The molecule has 0 saturated heterocycles. The van der Waals surface area contributed by atoms with Crippen molar-refractivity contribution in [1.29, 1.82) is 0 Å². The van der Waals surface area contributed by atoms with Crippen molar-refractivity contribution >= 4 is 46.2 Å². The number of benzene rings is 2. The third kappa shape index (κ3) is 5.72. The summed E-state index contributed by atoms with van der Waals surface area (Å²) in [6, 6.07) is 13.9. The Labute approximate surface area is 227 Å². The highest BCUT2D eigenvalue weighted by Crippen LogP contribution is 2.33. The Morgan fingerprint density at radius 2 is 1.87 bits per heavy atom. The van der Waals surface area contributed by atoms with Gasteiger partial charge in [-0.2, -0.15) is 13.2 Å². The zero-order valence-electron chi connectivity index (χ0n) is 20.1. The van der Waals surface area contributed by atoms with Crippen molar-refractivity contribution in [3.63, 3.8) is 0 Å². The molecule has 0 radical (unpaired) electrons. The molecule has 1 amide bonds. The van der Waals surface area contributed by atoms with E-state index < -0.39 is 11.7 Å². The maximum Gasteiger partial charge on any atom is 0.416 e. The van der Waals surface area contributed by atoms with Gasteiger partial charge >= 0.3 is 12.2 Å². The molecule has 196 valence electrons. The van der Waals surface area contributed by atoms with Crippen LogP contribution in [-0.2, 0) is 25.7 Å². The number of carbonyl (C=O) groups excluding carboxylic acids is 1. The second-order valence-corrected chi connectivity index (χ2v) is 9.90. The molecule has 1 aliphatic rings. The lowest BCUT2D eigenvalue weighted by Gasteiger charge is -2.27. The lowest BCUT2D eigenvalue weighted by Crippen LogP contribution is -2.34. The Kier molecular flexibility index (Phi) is 7.47. The lowest BCUT2D eigenvalue weighted by atomic mass is 10.0. The van der Waals surface area contributed by atoms with Crippen LogP contribution in [0.2, 0.25) is 10.2 Å². The standard InChI is InChI=1S/C28H23Cl2F3N4O/c29-21-7-8-22-23-17-36(12-1-2-18-3-5-20(6-4-18)28(31,32)33)13-10-24(23)37(25(22)15-21)27(38)35-16-19-9-11-34-26(30)14-19/h1-9,11,14-15H,10,12-13,16-17H2,(H,35,38). The average Bonchev–Trinajstić information content (AvgIpc) is 3.20. The van der Waals surface area contributed by atoms with Gasteiger partial charge in [0.25, 0.3) is 0 Å². The number of carbonyl (C=O) groups is 1. The molecule has 1 aliphatic heterocycles. The van der Waals surface area contributed by atoms with Crippen LogP contribution in [-0.4, -0.2) is 33.6 Å². The Morgan fingerprint density at radius 1 is 1.08 bits per heavy atom. The third-order valence-corrected chi connectivity index (χ3v) is 6.98. The Balaban J connectivity index is 1.33. The predicted octanol–water partition coefficient (Wildman–Crippen LogP) is 7.19. The molecule has 0 saturated carbocycles. The number of fused-ring (bicyclic) bond motifs is 3. The third-order valence-electron chi connectivity index (χ3n) is 6.54. The molecule has 4 aromatic rings. The monoisotopic (exact) mass is 558 g/mol. The van der Waals surface area contributed by atoms with Crippen LogP contribution < -0.4 is 5.32 Å². The Morgan fingerprint density at radius 3 is 2.61 bits per heavy atom. The Bertz CT molecular complexity index is 1510. The van der Waals surface area contributed by atoms with Gasteiger partial charge in [0.1, 0.15) is 5.15 Å². The van der Waals surface area contributed by atoms with Gasteiger partial charge < -0.3 is 5.32 Å². The van der Waals surface area contributed by atoms with E-state index in [0.717, 1.165) is 46.4 Å². The average molecular weight is 559 g/mol. The van der Waals surface area contributed by atoms with Crippen LogP contribution in [0.25, 0.3) is 17.0 Å². The molecule has 2 aromatic carbocycles. The van der Waals surface area contributed by atoms with E-state index in [1.165, 1.54) is 12.1 Å². The fraction of sp³-hybridized carbons (Fsp3) is 0.214. The minimum absolute atomic E-state index is 0.248. The van der Waals surface area contributed by atoms with E-state index in [1.807, 2.05) is 24.3 Å². The number of hydrogen-bond donors (Lipinski definition) is 1. The summed E-state index contributed by atoms with van der Waals surface area (Å²) in [6.45, 7) is 2.28. The topological polar surface area (TPSA) is 50.2 Å². The zero-order valence-corrected chi connectivity index (χ0v) is 21.6. The summed E-state index contributed by atoms with van der Waals surface area (Å²) in [5.41, 5.74) is 3.63. The van der Waals surface area contributed by atoms with Gasteiger partial charge in [0, 0.05) is 54.9 Å². The molecular formula is C28H23Cl2F3N4O. The van der Waals surface area contributed by atoms with Gasteiger partial charge in [-0.15, -0.1) is 0 Å². The molecule has 0 bridgehead atoms. The van der Waals surface area contributed by atoms with Gasteiger partial charge in [0.05, 0.1) is 11.1 Å². The summed E-state index contributed by atoms with van der Waals surface area (Å²) < 4.78 is 40.1. The number of nitrogens with zero attached hydrogens (tertiary/aromatic N) is 3. The van der Waals surface area contributed by atoms with E-state index in [0.29, 0.717) is 41.8 Å². The molecule has 0 spiro atoms. The van der Waals surface area contributed by atoms with Gasteiger partial charge in [-0.25, -0.2) is 9.78 Å². The molecule has 1 N–H and O–H groups in total. The molecule has 5 rings (SSSR count). The molecule has 5 nitrogen and oxygen atoms in total. The second-order valence-electron chi connectivity index (χ2n) is 9.07. The predicted molar refractivity (Wildman–Crippen MR) is 143 cm³/mol. The van der Waals surface area contributed by atoms with Gasteiger partial charge in [-0.05, 0) is 53.1 Å².